The van der Waals surface area contributed by atoms with E-state index in [1.54, 1.807) is 62.7 Å². The van der Waals surface area contributed by atoms with E-state index in [9.17, 15) is 43.9 Å². The zero-order chi connectivity index (χ0) is 53.8. The molecule has 0 radical (unpaired) electrons. The molecule has 0 unspecified atom stereocenters. The topological polar surface area (TPSA) is 203 Å². The zero-order valence-electron chi connectivity index (χ0n) is 43.7. The molecule has 2 aliphatic rings. The van der Waals surface area contributed by atoms with Crippen molar-refractivity contribution in [1.82, 2.24) is 25.8 Å². The Hall–Kier alpha value is -3.08. The van der Waals surface area contributed by atoms with Crippen molar-refractivity contribution in [3.8, 4) is 0 Å². The number of thiophene rings is 2. The van der Waals surface area contributed by atoms with Crippen LogP contribution >= 0.6 is 22.7 Å². The molecular formula is C48H76N8O10S6. The van der Waals surface area contributed by atoms with Crippen LogP contribution in [0.4, 0.5) is 11.4 Å². The van der Waals surface area contributed by atoms with Gasteiger partial charge in [-0.25, -0.2) is 16.8 Å². The molecule has 0 amide bonds. The molecule has 18 nitrogen and oxygen atoms in total. The van der Waals surface area contributed by atoms with Gasteiger partial charge >= 0.3 is 0 Å². The number of benzene rings is 2. The second kappa shape index (κ2) is 23.9. The van der Waals surface area contributed by atoms with Crippen molar-refractivity contribution in [3.63, 3.8) is 0 Å². The smallest absolute Gasteiger partial charge is 0.281 e. The third-order valence-electron chi connectivity index (χ3n) is 12.4. The lowest BCUT2D eigenvalue weighted by Crippen LogP contribution is -2.59. The van der Waals surface area contributed by atoms with Crippen LogP contribution in [0.2, 0.25) is 0 Å². The highest BCUT2D eigenvalue weighted by Crippen LogP contribution is 2.32. The van der Waals surface area contributed by atoms with E-state index >= 15 is 0 Å². The van der Waals surface area contributed by atoms with E-state index in [0.29, 0.717) is 26.2 Å². The Kier molecular flexibility index (Phi) is 19.8. The van der Waals surface area contributed by atoms with Crippen molar-refractivity contribution in [2.75, 3.05) is 103 Å². The molecule has 0 spiro atoms. The van der Waals surface area contributed by atoms with Crippen molar-refractivity contribution in [3.05, 3.63) is 94.7 Å². The fourth-order valence-corrected chi connectivity index (χ4v) is 16.4. The summed E-state index contributed by atoms with van der Waals surface area (Å²) >= 11 is 2.35. The predicted octanol–water partition coefficient (Wildman–Crippen LogP) is 5.24. The Morgan fingerprint density at radius 3 is 1.11 bits per heavy atom. The Balaban J connectivity index is 0.000000267. The summed E-state index contributed by atoms with van der Waals surface area (Å²) in [6.07, 6.45) is 0. The molecule has 2 fully saturated rings. The number of hydrogen-bond donors (Lipinski definition) is 2. The van der Waals surface area contributed by atoms with Crippen LogP contribution < -0.4 is 9.80 Å². The van der Waals surface area contributed by atoms with Gasteiger partial charge < -0.3 is 20.0 Å². The first-order valence-electron chi connectivity index (χ1n) is 23.9. The van der Waals surface area contributed by atoms with Crippen molar-refractivity contribution in [2.24, 2.45) is 11.8 Å². The van der Waals surface area contributed by atoms with Crippen LogP contribution in [0.5, 0.6) is 0 Å². The molecule has 0 saturated carbocycles. The normalized spacial score (nSPS) is 18.5. The van der Waals surface area contributed by atoms with E-state index in [4.69, 9.17) is 0 Å². The second-order valence-electron chi connectivity index (χ2n) is 20.5. The summed E-state index contributed by atoms with van der Waals surface area (Å²) < 4.78 is 115. The van der Waals surface area contributed by atoms with E-state index in [0.717, 1.165) is 22.5 Å². The summed E-state index contributed by atoms with van der Waals surface area (Å²) in [5.74, 6) is 0.183. The van der Waals surface area contributed by atoms with Crippen molar-refractivity contribution in [1.29, 1.82) is 0 Å². The minimum absolute atomic E-state index is 0.0915. The molecule has 24 heteroatoms. The van der Waals surface area contributed by atoms with Gasteiger partial charge in [-0.2, -0.15) is 42.7 Å². The quantitative estimate of drug-likeness (QED) is 0.117. The fourth-order valence-electron chi connectivity index (χ4n) is 8.55. The summed E-state index contributed by atoms with van der Waals surface area (Å²) in [6, 6.07) is 20.8. The average Bonchev–Trinajstić information content (AvgIpc) is 4.05. The first kappa shape index (κ1) is 59.8. The highest BCUT2D eigenvalue weighted by molar-refractivity contribution is 7.91. The van der Waals surface area contributed by atoms with E-state index in [-0.39, 0.29) is 59.5 Å². The molecule has 2 atom stereocenters. The first-order chi connectivity index (χ1) is 33.3. The Morgan fingerprint density at radius 1 is 0.542 bits per heavy atom. The van der Waals surface area contributed by atoms with Crippen LogP contribution in [0.1, 0.15) is 66.5 Å². The summed E-state index contributed by atoms with van der Waals surface area (Å²) in [6.45, 7) is 17.3. The van der Waals surface area contributed by atoms with Crippen LogP contribution in [0.15, 0.2) is 92.0 Å². The van der Waals surface area contributed by atoms with Crippen LogP contribution in [0, 0.1) is 11.8 Å². The van der Waals surface area contributed by atoms with Crippen LogP contribution in [0.25, 0.3) is 0 Å². The molecule has 2 aromatic carbocycles. The molecule has 6 rings (SSSR count). The van der Waals surface area contributed by atoms with Gasteiger partial charge in [-0.1, -0.05) is 64.1 Å². The maximum absolute atomic E-state index is 13.3. The van der Waals surface area contributed by atoms with Crippen molar-refractivity contribution in [2.45, 2.75) is 87.1 Å². The third kappa shape index (κ3) is 14.6. The zero-order valence-corrected chi connectivity index (χ0v) is 48.5. The van der Waals surface area contributed by atoms with Gasteiger partial charge in [-0.15, -0.1) is 22.7 Å². The van der Waals surface area contributed by atoms with Gasteiger partial charge in [-0.3, -0.25) is 0 Å². The van der Waals surface area contributed by atoms with E-state index in [2.05, 4.69) is 9.80 Å². The summed E-state index contributed by atoms with van der Waals surface area (Å²) in [5.41, 5.74) is 1.26. The number of rotatable bonds is 20. The van der Waals surface area contributed by atoms with Gasteiger partial charge in [0.15, 0.2) is 0 Å². The molecule has 4 heterocycles. The molecule has 2 aliphatic heterocycles. The average molecular weight is 1120 g/mol. The molecule has 0 aliphatic carbocycles. The number of aliphatic hydroxyl groups is 2. The van der Waals surface area contributed by atoms with Gasteiger partial charge in [0.25, 0.3) is 40.5 Å². The minimum Gasteiger partial charge on any atom is -0.386 e. The fraction of sp³-hybridized carbons (Fsp3) is 0.583. The highest BCUT2D eigenvalue weighted by Gasteiger charge is 2.40. The highest BCUT2D eigenvalue weighted by atomic mass is 32.3. The molecule has 0 bridgehead atoms. The van der Waals surface area contributed by atoms with Gasteiger partial charge in [0.05, 0.1) is 23.3 Å². The van der Waals surface area contributed by atoms with Gasteiger partial charge in [0.1, 0.15) is 8.42 Å². The third-order valence-corrected chi connectivity index (χ3v) is 22.6. The lowest BCUT2D eigenvalue weighted by atomic mass is 9.98. The number of hydrogen-bond acceptors (Lipinski definition) is 14. The number of piperazine rings is 2. The maximum atomic E-state index is 13.3. The molecular weight excluding hydrogens is 1040 g/mol. The summed E-state index contributed by atoms with van der Waals surface area (Å²) in [5, 5.41) is 24.1. The lowest BCUT2D eigenvalue weighted by Gasteiger charge is -2.44. The van der Waals surface area contributed by atoms with Crippen LogP contribution in [-0.2, 0) is 51.7 Å². The lowest BCUT2D eigenvalue weighted by molar-refractivity contribution is 0.0780. The molecule has 404 valence electrons. The molecule has 2 N–H and O–H groups in total. The Labute approximate surface area is 438 Å². The largest absolute Gasteiger partial charge is 0.386 e. The van der Waals surface area contributed by atoms with Crippen molar-refractivity contribution >= 4 is 74.5 Å². The molecule has 2 saturated heterocycles. The Bertz CT molecular complexity index is 2600. The first-order valence-corrected chi connectivity index (χ1v) is 31.3. The Morgan fingerprint density at radius 2 is 0.861 bits per heavy atom. The standard InChI is InChI=1S/2C24H38N4O5S3/c2*1-19(2)16-27(36(32,33)25(5)6)18-22-17-26(35(30,31)23-8-7-15-34-23)13-14-28(22)21-11-9-20(10-12-21)24(3,4)29/h2*7-12,15,19,22,29H,13-14,16-18H2,1-6H3/t2*22-/m11/s1. The summed E-state index contributed by atoms with van der Waals surface area (Å²) in [7, 11) is -8.78. The van der Waals surface area contributed by atoms with E-state index < -0.39 is 63.8 Å². The second-order valence-corrected chi connectivity index (χ2v) is 31.0. The maximum Gasteiger partial charge on any atom is 0.281 e. The number of nitrogens with zero attached hydrogens (tertiary/aromatic N) is 8. The van der Waals surface area contributed by atoms with Crippen LogP contribution in [-0.4, -0.2) is 175 Å². The molecule has 4 aromatic rings. The summed E-state index contributed by atoms with van der Waals surface area (Å²) in [4.78, 5) is 4.15. The van der Waals surface area contributed by atoms with E-state index in [1.807, 2.05) is 76.2 Å². The van der Waals surface area contributed by atoms with Crippen molar-refractivity contribution < 1.29 is 43.9 Å². The molecule has 72 heavy (non-hydrogen) atoms. The van der Waals surface area contributed by atoms with Gasteiger partial charge in [0.2, 0.25) is 0 Å². The minimum atomic E-state index is -3.72. The van der Waals surface area contributed by atoms with Gasteiger partial charge in [0, 0.05) is 105 Å². The van der Waals surface area contributed by atoms with Crippen LogP contribution in [0.3, 0.4) is 0 Å². The number of anilines is 2. The SMILES string of the molecule is CC(C)CN(C[C@H]1CN(S(=O)(=O)c2cccs2)CCN1c1ccc(C(C)(C)O)cc1)S(=O)(=O)N(C)C.CC(C)CN(C[C@H]1CN(S(=O)(=O)c2cccs2)CCN1c1ccc(C(C)(C)O)cc1)S(=O)(=O)N(C)C. The predicted molar refractivity (Wildman–Crippen MR) is 290 cm³/mol. The van der Waals surface area contributed by atoms with Gasteiger partial charge in [-0.05, 0) is 97.8 Å². The van der Waals surface area contributed by atoms with E-state index in [1.165, 1.54) is 76.7 Å². The monoisotopic (exact) mass is 1120 g/mol. The number of sulfonamides is 2. The molecule has 2 aromatic heterocycles.